The maximum atomic E-state index is 5.75. The predicted octanol–water partition coefficient (Wildman–Crippen LogP) is 3.24. The van der Waals surface area contributed by atoms with Gasteiger partial charge in [-0.2, -0.15) is 0 Å². The van der Waals surface area contributed by atoms with E-state index in [-0.39, 0.29) is 0 Å². The molecule has 2 N–H and O–H groups in total. The maximum Gasteiger partial charge on any atom is 0.161 e. The second-order valence-corrected chi connectivity index (χ2v) is 5.10. The number of allylic oxidation sites excluding steroid dienone is 1. The van der Waals surface area contributed by atoms with E-state index >= 15 is 0 Å². The zero-order valence-electron chi connectivity index (χ0n) is 11.8. The third-order valence-electron chi connectivity index (χ3n) is 3.23. The summed E-state index contributed by atoms with van der Waals surface area (Å²) in [4.78, 5) is 0. The first-order valence-electron chi connectivity index (χ1n) is 7.02. The van der Waals surface area contributed by atoms with Gasteiger partial charge in [0.25, 0.3) is 0 Å². The minimum atomic E-state index is 0.469. The average molecular weight is 261 g/mol. The van der Waals surface area contributed by atoms with Crippen molar-refractivity contribution in [3.63, 3.8) is 0 Å². The Bertz CT molecular complexity index is 452. The van der Waals surface area contributed by atoms with E-state index in [1.54, 1.807) is 0 Å². The lowest BCUT2D eigenvalue weighted by molar-refractivity contribution is 0.297. The van der Waals surface area contributed by atoms with E-state index in [1.807, 2.05) is 6.07 Å². The fourth-order valence-corrected chi connectivity index (χ4v) is 2.27. The molecule has 1 aromatic rings. The lowest BCUT2D eigenvalue weighted by Crippen LogP contribution is -2.00. The summed E-state index contributed by atoms with van der Waals surface area (Å²) in [5.41, 5.74) is 8.12. The van der Waals surface area contributed by atoms with Crippen LogP contribution in [0.1, 0.15) is 32.3 Å². The van der Waals surface area contributed by atoms with Crippen LogP contribution >= 0.6 is 0 Å². The molecule has 0 saturated carbocycles. The van der Waals surface area contributed by atoms with Crippen molar-refractivity contribution < 1.29 is 9.47 Å². The largest absolute Gasteiger partial charge is 0.490 e. The summed E-state index contributed by atoms with van der Waals surface area (Å²) in [6.07, 6.45) is 4.07. The number of benzene rings is 1. The van der Waals surface area contributed by atoms with Crippen molar-refractivity contribution in [1.29, 1.82) is 0 Å². The van der Waals surface area contributed by atoms with Crippen LogP contribution in [0.3, 0.4) is 0 Å². The molecule has 19 heavy (non-hydrogen) atoms. The summed E-state index contributed by atoms with van der Waals surface area (Å²) in [5.74, 6) is 2.17. The van der Waals surface area contributed by atoms with E-state index in [2.05, 4.69) is 32.1 Å². The molecule has 104 valence electrons. The Hall–Kier alpha value is -1.48. The van der Waals surface area contributed by atoms with Gasteiger partial charge in [0.05, 0.1) is 13.2 Å². The second-order valence-electron chi connectivity index (χ2n) is 5.10. The highest BCUT2D eigenvalue weighted by atomic mass is 16.5. The summed E-state index contributed by atoms with van der Waals surface area (Å²) >= 11 is 0. The minimum Gasteiger partial charge on any atom is -0.490 e. The summed E-state index contributed by atoms with van der Waals surface area (Å²) in [7, 11) is 0. The number of nitrogens with two attached hydrogens (primary N) is 1. The molecule has 1 aliphatic heterocycles. The van der Waals surface area contributed by atoms with E-state index in [1.165, 1.54) is 11.1 Å². The van der Waals surface area contributed by atoms with Crippen LogP contribution in [0.4, 0.5) is 0 Å². The third-order valence-corrected chi connectivity index (χ3v) is 3.23. The van der Waals surface area contributed by atoms with Crippen molar-refractivity contribution >= 4 is 5.57 Å². The molecular weight excluding hydrogens is 238 g/mol. The number of hydrogen-bond acceptors (Lipinski definition) is 3. The van der Waals surface area contributed by atoms with Gasteiger partial charge in [-0.15, -0.1) is 0 Å². The lowest BCUT2D eigenvalue weighted by atomic mass is 9.94. The Morgan fingerprint density at radius 3 is 2.68 bits per heavy atom. The molecule has 0 spiro atoms. The van der Waals surface area contributed by atoms with Crippen molar-refractivity contribution in [3.8, 4) is 11.5 Å². The van der Waals surface area contributed by atoms with Crippen LogP contribution in [-0.2, 0) is 0 Å². The molecule has 0 atom stereocenters. The summed E-state index contributed by atoms with van der Waals surface area (Å²) in [6, 6.07) is 6.20. The Kier molecular flexibility index (Phi) is 4.86. The topological polar surface area (TPSA) is 44.5 Å². The van der Waals surface area contributed by atoms with Gasteiger partial charge in [0.1, 0.15) is 0 Å². The van der Waals surface area contributed by atoms with Gasteiger partial charge in [0.2, 0.25) is 0 Å². The zero-order chi connectivity index (χ0) is 13.7. The first kappa shape index (κ1) is 13.9. The molecule has 0 unspecified atom stereocenters. The van der Waals surface area contributed by atoms with E-state index in [0.29, 0.717) is 12.5 Å². The third kappa shape index (κ3) is 3.51. The molecular formula is C16H23NO2. The molecule has 0 saturated heterocycles. The van der Waals surface area contributed by atoms with Gasteiger partial charge in [-0.3, -0.25) is 0 Å². The van der Waals surface area contributed by atoms with Crippen molar-refractivity contribution in [1.82, 2.24) is 0 Å². The van der Waals surface area contributed by atoms with Crippen LogP contribution < -0.4 is 15.2 Å². The average Bonchev–Trinajstić information content (AvgIpc) is 2.63. The van der Waals surface area contributed by atoms with Gasteiger partial charge in [-0.25, -0.2) is 0 Å². The van der Waals surface area contributed by atoms with Crippen LogP contribution in [-0.4, -0.2) is 19.8 Å². The number of ether oxygens (including phenoxy) is 2. The molecule has 0 aliphatic carbocycles. The monoisotopic (exact) mass is 261 g/mol. The second kappa shape index (κ2) is 6.62. The van der Waals surface area contributed by atoms with Crippen LogP contribution in [0, 0.1) is 5.92 Å². The van der Waals surface area contributed by atoms with Gasteiger partial charge >= 0.3 is 0 Å². The molecule has 0 radical (unpaired) electrons. The molecule has 0 fully saturated rings. The van der Waals surface area contributed by atoms with Crippen LogP contribution in [0.2, 0.25) is 0 Å². The zero-order valence-corrected chi connectivity index (χ0v) is 11.8. The first-order chi connectivity index (χ1) is 9.22. The van der Waals surface area contributed by atoms with Crippen molar-refractivity contribution in [2.24, 2.45) is 11.7 Å². The lowest BCUT2D eigenvalue weighted by Gasteiger charge is -2.15. The standard InChI is InChI=1S/C16H23NO2/c1-12(2)14(5-3-8-17)13-6-7-15-16(11-13)19-10-4-9-18-15/h5-7,11-12H,3-4,8-10,17H2,1-2H3/b14-5+. The first-order valence-corrected chi connectivity index (χ1v) is 7.02. The van der Waals surface area contributed by atoms with E-state index in [9.17, 15) is 0 Å². The van der Waals surface area contributed by atoms with Crippen LogP contribution in [0.25, 0.3) is 5.57 Å². The van der Waals surface area contributed by atoms with Crippen LogP contribution in [0.15, 0.2) is 24.3 Å². The fraction of sp³-hybridized carbons (Fsp3) is 0.500. The Balaban J connectivity index is 2.31. The van der Waals surface area contributed by atoms with Gasteiger partial charge in [0.15, 0.2) is 11.5 Å². The van der Waals surface area contributed by atoms with Gasteiger partial charge in [-0.05, 0) is 42.2 Å². The molecule has 1 aromatic carbocycles. The SMILES string of the molecule is CC(C)/C(=C\CCN)c1ccc2c(c1)OCCCO2. The molecule has 0 aromatic heterocycles. The Morgan fingerprint density at radius 2 is 2.00 bits per heavy atom. The predicted molar refractivity (Wildman–Crippen MR) is 78.5 cm³/mol. The van der Waals surface area contributed by atoms with Gasteiger partial charge in [0, 0.05) is 6.42 Å². The molecule has 1 heterocycles. The number of hydrogen-bond donors (Lipinski definition) is 1. The van der Waals surface area contributed by atoms with E-state index in [4.69, 9.17) is 15.2 Å². The minimum absolute atomic E-state index is 0.469. The van der Waals surface area contributed by atoms with E-state index in [0.717, 1.165) is 37.6 Å². The highest BCUT2D eigenvalue weighted by Crippen LogP contribution is 2.34. The smallest absolute Gasteiger partial charge is 0.161 e. The highest BCUT2D eigenvalue weighted by Gasteiger charge is 2.13. The van der Waals surface area contributed by atoms with Crippen LogP contribution in [0.5, 0.6) is 11.5 Å². The molecule has 0 bridgehead atoms. The van der Waals surface area contributed by atoms with E-state index < -0.39 is 0 Å². The maximum absolute atomic E-state index is 5.75. The fourth-order valence-electron chi connectivity index (χ4n) is 2.27. The highest BCUT2D eigenvalue weighted by molar-refractivity contribution is 5.69. The van der Waals surface area contributed by atoms with Gasteiger partial charge < -0.3 is 15.2 Å². The normalized spacial score (nSPS) is 15.5. The summed E-state index contributed by atoms with van der Waals surface area (Å²) in [5, 5.41) is 0. The molecule has 0 amide bonds. The van der Waals surface area contributed by atoms with Crippen molar-refractivity contribution in [2.45, 2.75) is 26.7 Å². The molecule has 3 nitrogen and oxygen atoms in total. The van der Waals surface area contributed by atoms with Gasteiger partial charge in [-0.1, -0.05) is 26.0 Å². The Morgan fingerprint density at radius 1 is 1.26 bits per heavy atom. The summed E-state index contributed by atoms with van der Waals surface area (Å²) < 4.78 is 11.4. The van der Waals surface area contributed by atoms with Crippen molar-refractivity contribution in [3.05, 3.63) is 29.8 Å². The molecule has 2 rings (SSSR count). The quantitative estimate of drug-likeness (QED) is 0.905. The summed E-state index contributed by atoms with van der Waals surface area (Å²) in [6.45, 7) is 6.53. The number of fused-ring (bicyclic) bond motifs is 1. The molecule has 3 heteroatoms. The number of rotatable bonds is 4. The van der Waals surface area contributed by atoms with Crippen molar-refractivity contribution in [2.75, 3.05) is 19.8 Å². The Labute approximate surface area is 115 Å². The molecule has 1 aliphatic rings.